The standard InChI is InChI=1S/C16H17NO3/c1-11-6-3-4-7-12(11)10-17(2)16(20)15-13(18)8-5-9-14(15)19/h3-9,18-19H,10H2,1-2H3. The van der Waals surface area contributed by atoms with Gasteiger partial charge in [0.05, 0.1) is 0 Å². The molecule has 2 N–H and O–H groups in total. The quantitative estimate of drug-likeness (QED) is 0.902. The normalized spacial score (nSPS) is 10.3. The maximum absolute atomic E-state index is 12.3. The molecule has 4 heteroatoms. The first-order valence-corrected chi connectivity index (χ1v) is 6.31. The topological polar surface area (TPSA) is 60.8 Å². The molecule has 4 nitrogen and oxygen atoms in total. The molecule has 0 heterocycles. The first-order chi connectivity index (χ1) is 9.50. The van der Waals surface area contributed by atoms with E-state index in [0.717, 1.165) is 11.1 Å². The molecule has 104 valence electrons. The van der Waals surface area contributed by atoms with Crippen LogP contribution in [0.3, 0.4) is 0 Å². The van der Waals surface area contributed by atoms with Gasteiger partial charge in [-0.3, -0.25) is 4.79 Å². The molecule has 0 bridgehead atoms. The number of nitrogens with zero attached hydrogens (tertiary/aromatic N) is 1. The summed E-state index contributed by atoms with van der Waals surface area (Å²) in [5.41, 5.74) is 2.05. The number of phenols is 2. The highest BCUT2D eigenvalue weighted by Crippen LogP contribution is 2.27. The van der Waals surface area contributed by atoms with Gasteiger partial charge in [0, 0.05) is 13.6 Å². The number of carbonyl (C=O) groups excluding carboxylic acids is 1. The number of rotatable bonds is 3. The average Bonchev–Trinajstić information content (AvgIpc) is 2.41. The number of hydrogen-bond acceptors (Lipinski definition) is 3. The molecule has 20 heavy (non-hydrogen) atoms. The number of aromatic hydroxyl groups is 2. The molecule has 0 atom stereocenters. The van der Waals surface area contributed by atoms with Gasteiger partial charge in [-0.1, -0.05) is 30.3 Å². The van der Waals surface area contributed by atoms with Gasteiger partial charge in [0.25, 0.3) is 5.91 Å². The summed E-state index contributed by atoms with van der Waals surface area (Å²) in [5, 5.41) is 19.4. The summed E-state index contributed by atoms with van der Waals surface area (Å²) in [6, 6.07) is 12.0. The van der Waals surface area contributed by atoms with Gasteiger partial charge < -0.3 is 15.1 Å². The zero-order valence-corrected chi connectivity index (χ0v) is 11.5. The largest absolute Gasteiger partial charge is 0.507 e. The Morgan fingerprint density at radius 1 is 1.05 bits per heavy atom. The van der Waals surface area contributed by atoms with Crippen molar-refractivity contribution in [2.75, 3.05) is 7.05 Å². The van der Waals surface area contributed by atoms with E-state index in [2.05, 4.69) is 0 Å². The lowest BCUT2D eigenvalue weighted by atomic mass is 10.1. The monoisotopic (exact) mass is 271 g/mol. The molecule has 1 amide bonds. The first kappa shape index (κ1) is 13.9. The Balaban J connectivity index is 2.24. The fourth-order valence-electron chi connectivity index (χ4n) is 2.05. The van der Waals surface area contributed by atoms with Crippen molar-refractivity contribution in [2.45, 2.75) is 13.5 Å². The van der Waals surface area contributed by atoms with E-state index in [9.17, 15) is 15.0 Å². The molecule has 2 aromatic carbocycles. The molecule has 2 aromatic rings. The van der Waals surface area contributed by atoms with Crippen molar-refractivity contribution in [2.24, 2.45) is 0 Å². The predicted molar refractivity (Wildman–Crippen MR) is 76.7 cm³/mol. The molecule has 0 saturated carbocycles. The van der Waals surface area contributed by atoms with E-state index in [1.807, 2.05) is 31.2 Å². The van der Waals surface area contributed by atoms with Crippen LogP contribution in [0, 0.1) is 6.92 Å². The number of carbonyl (C=O) groups is 1. The van der Waals surface area contributed by atoms with Gasteiger partial charge in [-0.15, -0.1) is 0 Å². The predicted octanol–water partition coefficient (Wildman–Crippen LogP) is 2.68. The molecule has 0 aromatic heterocycles. The summed E-state index contributed by atoms with van der Waals surface area (Å²) in [6.45, 7) is 2.39. The average molecular weight is 271 g/mol. The summed E-state index contributed by atoms with van der Waals surface area (Å²) in [6.07, 6.45) is 0. The van der Waals surface area contributed by atoms with Crippen molar-refractivity contribution in [1.29, 1.82) is 0 Å². The number of benzene rings is 2. The molecule has 2 rings (SSSR count). The van der Waals surface area contributed by atoms with Crippen molar-refractivity contribution in [1.82, 2.24) is 4.90 Å². The van der Waals surface area contributed by atoms with Crippen LogP contribution in [-0.4, -0.2) is 28.1 Å². The van der Waals surface area contributed by atoms with Crippen LogP contribution in [0.15, 0.2) is 42.5 Å². The highest BCUT2D eigenvalue weighted by atomic mass is 16.3. The molecule has 0 unspecified atom stereocenters. The lowest BCUT2D eigenvalue weighted by molar-refractivity contribution is 0.0778. The maximum atomic E-state index is 12.3. The number of hydrogen-bond donors (Lipinski definition) is 2. The van der Waals surface area contributed by atoms with Gasteiger partial charge in [0.15, 0.2) is 0 Å². The van der Waals surface area contributed by atoms with E-state index in [4.69, 9.17) is 0 Å². The minimum absolute atomic E-state index is 0.0661. The van der Waals surface area contributed by atoms with Crippen LogP contribution in [0.25, 0.3) is 0 Å². The molecule has 0 spiro atoms. The van der Waals surface area contributed by atoms with Crippen LogP contribution >= 0.6 is 0 Å². The third kappa shape index (κ3) is 2.74. The van der Waals surface area contributed by atoms with Gasteiger partial charge in [-0.2, -0.15) is 0 Å². The Morgan fingerprint density at radius 3 is 2.25 bits per heavy atom. The SMILES string of the molecule is Cc1ccccc1CN(C)C(=O)c1c(O)cccc1O. The van der Waals surface area contributed by atoms with E-state index in [1.54, 1.807) is 7.05 Å². The zero-order valence-electron chi connectivity index (χ0n) is 11.5. The van der Waals surface area contributed by atoms with E-state index >= 15 is 0 Å². The highest BCUT2D eigenvalue weighted by Gasteiger charge is 2.20. The van der Waals surface area contributed by atoms with Crippen LogP contribution in [-0.2, 0) is 6.54 Å². The number of amides is 1. The van der Waals surface area contributed by atoms with E-state index in [1.165, 1.54) is 23.1 Å². The van der Waals surface area contributed by atoms with Gasteiger partial charge in [0.2, 0.25) is 0 Å². The summed E-state index contributed by atoms with van der Waals surface area (Å²) >= 11 is 0. The molecule has 0 radical (unpaired) electrons. The summed E-state index contributed by atoms with van der Waals surface area (Å²) < 4.78 is 0. The molecule has 0 fully saturated rings. The third-order valence-corrected chi connectivity index (χ3v) is 3.25. The van der Waals surface area contributed by atoms with Crippen LogP contribution in [0.4, 0.5) is 0 Å². The maximum Gasteiger partial charge on any atom is 0.261 e. The Morgan fingerprint density at radius 2 is 1.65 bits per heavy atom. The van der Waals surface area contributed by atoms with Crippen LogP contribution in [0.5, 0.6) is 11.5 Å². The van der Waals surface area contributed by atoms with Crippen LogP contribution in [0.1, 0.15) is 21.5 Å². The van der Waals surface area contributed by atoms with Crippen LogP contribution in [0.2, 0.25) is 0 Å². The second-order valence-corrected chi connectivity index (χ2v) is 4.76. The smallest absolute Gasteiger partial charge is 0.261 e. The summed E-state index contributed by atoms with van der Waals surface area (Å²) in [5.74, 6) is -0.845. The summed E-state index contributed by atoms with van der Waals surface area (Å²) in [7, 11) is 1.64. The Labute approximate surface area is 117 Å². The van der Waals surface area contributed by atoms with Gasteiger partial charge in [-0.05, 0) is 30.2 Å². The van der Waals surface area contributed by atoms with Gasteiger partial charge in [-0.25, -0.2) is 0 Å². The molecular formula is C16H17NO3. The highest BCUT2D eigenvalue weighted by molar-refractivity contribution is 5.99. The third-order valence-electron chi connectivity index (χ3n) is 3.25. The molecule has 0 aliphatic carbocycles. The Hall–Kier alpha value is -2.49. The molecule has 0 saturated heterocycles. The van der Waals surface area contributed by atoms with Crippen molar-refractivity contribution in [3.63, 3.8) is 0 Å². The fourth-order valence-corrected chi connectivity index (χ4v) is 2.05. The zero-order chi connectivity index (χ0) is 14.7. The lowest BCUT2D eigenvalue weighted by Crippen LogP contribution is -2.26. The van der Waals surface area contributed by atoms with E-state index in [0.29, 0.717) is 6.54 Å². The number of aryl methyl sites for hydroxylation is 1. The Bertz CT molecular complexity index is 617. The number of phenolic OH excluding ortho intramolecular Hbond substituents is 2. The van der Waals surface area contributed by atoms with Gasteiger partial charge in [0.1, 0.15) is 17.1 Å². The van der Waals surface area contributed by atoms with Crippen LogP contribution < -0.4 is 0 Å². The second kappa shape index (κ2) is 5.65. The van der Waals surface area contributed by atoms with Crippen molar-refractivity contribution in [3.8, 4) is 11.5 Å². The van der Waals surface area contributed by atoms with Crippen molar-refractivity contribution in [3.05, 3.63) is 59.2 Å². The second-order valence-electron chi connectivity index (χ2n) is 4.76. The molecular weight excluding hydrogens is 254 g/mol. The summed E-state index contributed by atoms with van der Waals surface area (Å²) in [4.78, 5) is 13.8. The lowest BCUT2D eigenvalue weighted by Gasteiger charge is -2.19. The minimum atomic E-state index is -0.413. The molecule has 0 aliphatic heterocycles. The fraction of sp³-hybridized carbons (Fsp3) is 0.188. The van der Waals surface area contributed by atoms with Crippen molar-refractivity contribution >= 4 is 5.91 Å². The first-order valence-electron chi connectivity index (χ1n) is 6.31. The van der Waals surface area contributed by atoms with E-state index < -0.39 is 5.91 Å². The minimum Gasteiger partial charge on any atom is -0.507 e. The van der Waals surface area contributed by atoms with Gasteiger partial charge >= 0.3 is 0 Å². The molecule has 0 aliphatic rings. The Kier molecular flexibility index (Phi) is 3.94. The van der Waals surface area contributed by atoms with E-state index in [-0.39, 0.29) is 17.1 Å². The van der Waals surface area contributed by atoms with Crippen molar-refractivity contribution < 1.29 is 15.0 Å².